The van der Waals surface area contributed by atoms with Crippen molar-refractivity contribution in [3.63, 3.8) is 0 Å². The number of rotatable bonds is 2. The number of nitrogens with one attached hydrogen (secondary N) is 1. The van der Waals surface area contributed by atoms with Crippen molar-refractivity contribution in [2.45, 2.75) is 6.92 Å². The van der Waals surface area contributed by atoms with Gasteiger partial charge in [0, 0.05) is 11.6 Å². The maximum absolute atomic E-state index is 9.18. The molecule has 16 heavy (non-hydrogen) atoms. The van der Waals surface area contributed by atoms with Crippen LogP contribution in [0, 0.1) is 12.3 Å². The molecule has 0 atom stereocenters. The molecule has 82 valence electrons. The molecule has 2 aromatic rings. The lowest BCUT2D eigenvalue weighted by molar-refractivity contribution is -0.128. The number of pyridine rings is 1. The SMILES string of the molecule is C#Cc1cc2cc[nH]c2cn1.CCOC=O. The van der Waals surface area contributed by atoms with Gasteiger partial charge >= 0.3 is 0 Å². The fraction of sp³-hybridized carbons (Fsp3) is 0.167. The lowest BCUT2D eigenvalue weighted by atomic mass is 10.3. The first kappa shape index (κ1) is 11.8. The van der Waals surface area contributed by atoms with Crippen LogP contribution in [0.5, 0.6) is 0 Å². The first-order valence-electron chi connectivity index (χ1n) is 4.76. The molecule has 0 saturated heterocycles. The third-order valence-corrected chi connectivity index (χ3v) is 1.82. The smallest absolute Gasteiger partial charge is 0.293 e. The van der Waals surface area contributed by atoms with Gasteiger partial charge in [-0.2, -0.15) is 0 Å². The molecule has 4 heteroatoms. The van der Waals surface area contributed by atoms with Crippen LogP contribution in [-0.2, 0) is 9.53 Å². The van der Waals surface area contributed by atoms with Crippen LogP contribution < -0.4 is 0 Å². The fourth-order valence-electron chi connectivity index (χ4n) is 1.10. The number of hydrogen-bond donors (Lipinski definition) is 1. The number of nitrogens with zero attached hydrogens (tertiary/aromatic N) is 1. The zero-order valence-electron chi connectivity index (χ0n) is 8.93. The molecule has 4 nitrogen and oxygen atoms in total. The van der Waals surface area contributed by atoms with E-state index in [9.17, 15) is 4.79 Å². The number of fused-ring (bicyclic) bond motifs is 1. The Morgan fingerprint density at radius 3 is 3.06 bits per heavy atom. The Labute approximate surface area is 93.6 Å². The zero-order valence-corrected chi connectivity index (χ0v) is 8.93. The summed E-state index contributed by atoms with van der Waals surface area (Å²) in [5, 5.41) is 1.10. The molecule has 0 aliphatic heterocycles. The van der Waals surface area contributed by atoms with Crippen LogP contribution in [0.25, 0.3) is 10.9 Å². The molecule has 2 aromatic heterocycles. The average Bonchev–Trinajstić information content (AvgIpc) is 2.77. The van der Waals surface area contributed by atoms with Crippen molar-refractivity contribution in [3.8, 4) is 12.3 Å². The highest BCUT2D eigenvalue weighted by Gasteiger charge is 1.94. The molecule has 0 spiro atoms. The normalized spacial score (nSPS) is 8.75. The summed E-state index contributed by atoms with van der Waals surface area (Å²) < 4.78 is 4.15. The molecule has 0 radical (unpaired) electrons. The molecular formula is C12H12N2O2. The van der Waals surface area contributed by atoms with Gasteiger partial charge in [0.2, 0.25) is 0 Å². The van der Waals surface area contributed by atoms with Crippen molar-refractivity contribution in [1.82, 2.24) is 9.97 Å². The predicted octanol–water partition coefficient (Wildman–Crippen LogP) is 1.72. The molecular weight excluding hydrogens is 204 g/mol. The number of H-pyrrole nitrogens is 1. The Bertz CT molecular complexity index is 497. The number of carbonyl (C=O) groups excluding carboxylic acids is 1. The summed E-state index contributed by atoms with van der Waals surface area (Å²) >= 11 is 0. The fourth-order valence-corrected chi connectivity index (χ4v) is 1.10. The van der Waals surface area contributed by atoms with E-state index in [4.69, 9.17) is 6.42 Å². The Morgan fingerprint density at radius 2 is 2.50 bits per heavy atom. The molecule has 0 fully saturated rings. The molecule has 0 amide bonds. The van der Waals surface area contributed by atoms with E-state index in [0.29, 0.717) is 18.8 Å². The number of terminal acetylenes is 1. The van der Waals surface area contributed by atoms with Gasteiger partial charge in [-0.15, -0.1) is 6.42 Å². The number of hydrogen-bond acceptors (Lipinski definition) is 3. The van der Waals surface area contributed by atoms with E-state index >= 15 is 0 Å². The van der Waals surface area contributed by atoms with E-state index in [1.54, 1.807) is 13.1 Å². The van der Waals surface area contributed by atoms with E-state index in [1.807, 2.05) is 18.3 Å². The van der Waals surface area contributed by atoms with Crippen molar-refractivity contribution in [2.24, 2.45) is 0 Å². The highest BCUT2D eigenvalue weighted by molar-refractivity contribution is 5.79. The maximum atomic E-state index is 9.18. The first-order chi connectivity index (χ1) is 7.81. The molecule has 2 rings (SSSR count). The first-order valence-corrected chi connectivity index (χ1v) is 4.76. The molecule has 0 aliphatic carbocycles. The summed E-state index contributed by atoms with van der Waals surface area (Å²) in [6.45, 7) is 2.66. The van der Waals surface area contributed by atoms with Gasteiger partial charge in [0.25, 0.3) is 6.47 Å². The second-order valence-electron chi connectivity index (χ2n) is 2.83. The van der Waals surface area contributed by atoms with Crippen molar-refractivity contribution >= 4 is 17.4 Å². The topological polar surface area (TPSA) is 55.0 Å². The van der Waals surface area contributed by atoms with Gasteiger partial charge in [0.1, 0.15) is 5.69 Å². The minimum atomic E-state index is 0.431. The molecule has 0 unspecified atom stereocenters. The van der Waals surface area contributed by atoms with Gasteiger partial charge in [-0.1, -0.05) is 5.92 Å². The van der Waals surface area contributed by atoms with E-state index in [0.717, 1.165) is 10.9 Å². The Kier molecular flexibility index (Phi) is 4.61. The van der Waals surface area contributed by atoms with Crippen LogP contribution in [0.2, 0.25) is 0 Å². The predicted molar refractivity (Wildman–Crippen MR) is 61.7 cm³/mol. The summed E-state index contributed by atoms with van der Waals surface area (Å²) in [4.78, 5) is 16.3. The highest BCUT2D eigenvalue weighted by Crippen LogP contribution is 2.10. The summed E-state index contributed by atoms with van der Waals surface area (Å²) in [5.41, 5.74) is 1.70. The molecule has 0 aromatic carbocycles. The molecule has 0 saturated carbocycles. The van der Waals surface area contributed by atoms with E-state index in [1.165, 1.54) is 0 Å². The minimum absolute atomic E-state index is 0.431. The number of aromatic nitrogens is 2. The van der Waals surface area contributed by atoms with Crippen molar-refractivity contribution in [2.75, 3.05) is 6.61 Å². The highest BCUT2D eigenvalue weighted by atomic mass is 16.5. The number of aromatic amines is 1. The molecule has 0 bridgehead atoms. The third kappa shape index (κ3) is 3.14. The Balaban J connectivity index is 0.000000221. The second kappa shape index (κ2) is 6.25. The van der Waals surface area contributed by atoms with Gasteiger partial charge in [-0.05, 0) is 19.1 Å². The zero-order chi connectivity index (χ0) is 11.8. The van der Waals surface area contributed by atoms with E-state index < -0.39 is 0 Å². The lowest BCUT2D eigenvalue weighted by Crippen LogP contribution is -1.80. The van der Waals surface area contributed by atoms with Crippen molar-refractivity contribution in [3.05, 3.63) is 30.2 Å². The van der Waals surface area contributed by atoms with Crippen LogP contribution in [-0.4, -0.2) is 23.0 Å². The van der Waals surface area contributed by atoms with Gasteiger partial charge in [0.05, 0.1) is 18.3 Å². The molecule has 2 heterocycles. The van der Waals surface area contributed by atoms with Gasteiger partial charge in [-0.25, -0.2) is 4.98 Å². The molecule has 0 aliphatic rings. The average molecular weight is 216 g/mol. The van der Waals surface area contributed by atoms with Gasteiger partial charge in [0.15, 0.2) is 0 Å². The monoisotopic (exact) mass is 216 g/mol. The largest absolute Gasteiger partial charge is 0.468 e. The number of carbonyl (C=O) groups is 1. The third-order valence-electron chi connectivity index (χ3n) is 1.82. The Hall–Kier alpha value is -2.28. The van der Waals surface area contributed by atoms with E-state index in [2.05, 4.69) is 20.6 Å². The van der Waals surface area contributed by atoms with Gasteiger partial charge < -0.3 is 9.72 Å². The van der Waals surface area contributed by atoms with Crippen molar-refractivity contribution < 1.29 is 9.53 Å². The second-order valence-corrected chi connectivity index (χ2v) is 2.83. The quantitative estimate of drug-likeness (QED) is 0.614. The summed E-state index contributed by atoms with van der Waals surface area (Å²) in [6, 6.07) is 3.85. The minimum Gasteiger partial charge on any atom is -0.468 e. The molecule has 1 N–H and O–H groups in total. The standard InChI is InChI=1S/C9H6N2.C3H6O2/c1-2-8-5-7-3-4-10-9(7)6-11-8;1-2-5-3-4/h1,3-6,10H;3H,2H2,1H3. The van der Waals surface area contributed by atoms with Gasteiger partial charge in [-0.3, -0.25) is 4.79 Å². The van der Waals surface area contributed by atoms with Crippen LogP contribution >= 0.6 is 0 Å². The summed E-state index contributed by atoms with van der Waals surface area (Å²) in [7, 11) is 0. The summed E-state index contributed by atoms with van der Waals surface area (Å²) in [6.07, 6.45) is 8.80. The Morgan fingerprint density at radius 1 is 1.69 bits per heavy atom. The van der Waals surface area contributed by atoms with Crippen LogP contribution in [0.1, 0.15) is 12.6 Å². The van der Waals surface area contributed by atoms with Crippen LogP contribution in [0.15, 0.2) is 24.5 Å². The van der Waals surface area contributed by atoms with E-state index in [-0.39, 0.29) is 0 Å². The van der Waals surface area contributed by atoms with Crippen molar-refractivity contribution in [1.29, 1.82) is 0 Å². The number of ether oxygens (including phenoxy) is 1. The van der Waals surface area contributed by atoms with Crippen LogP contribution in [0.4, 0.5) is 0 Å². The van der Waals surface area contributed by atoms with Crippen LogP contribution in [0.3, 0.4) is 0 Å². The maximum Gasteiger partial charge on any atom is 0.293 e. The lowest BCUT2D eigenvalue weighted by Gasteiger charge is -1.89. The summed E-state index contributed by atoms with van der Waals surface area (Å²) in [5.74, 6) is 2.48.